The molecule has 0 saturated carbocycles. The van der Waals surface area contributed by atoms with E-state index in [2.05, 4.69) is 6.92 Å². The Morgan fingerprint density at radius 2 is 2.21 bits per heavy atom. The quantitative estimate of drug-likeness (QED) is 0.703. The van der Waals surface area contributed by atoms with E-state index >= 15 is 0 Å². The monoisotopic (exact) mass is 239 g/mol. The van der Waals surface area contributed by atoms with Gasteiger partial charge in [0, 0.05) is 19.0 Å². The molecule has 1 aliphatic rings. The lowest BCUT2D eigenvalue weighted by molar-refractivity contribution is 0.279. The van der Waals surface area contributed by atoms with Gasteiger partial charge in [0.15, 0.2) is 0 Å². The van der Waals surface area contributed by atoms with Crippen molar-refractivity contribution in [2.75, 3.05) is 19.0 Å². The Bertz CT molecular complexity index is 279. The van der Waals surface area contributed by atoms with Crippen LogP contribution in [0.3, 0.4) is 0 Å². The predicted molar refractivity (Wildman–Crippen MR) is 59.1 cm³/mol. The van der Waals surface area contributed by atoms with Gasteiger partial charge in [0.2, 0.25) is 10.0 Å². The molecule has 3 nitrogen and oxygen atoms in total. The van der Waals surface area contributed by atoms with E-state index in [4.69, 9.17) is 11.6 Å². The van der Waals surface area contributed by atoms with E-state index in [9.17, 15) is 8.42 Å². The second-order valence-electron chi connectivity index (χ2n) is 4.12. The van der Waals surface area contributed by atoms with Crippen molar-refractivity contribution in [1.29, 1.82) is 0 Å². The highest BCUT2D eigenvalue weighted by Gasteiger charge is 2.30. The van der Waals surface area contributed by atoms with Gasteiger partial charge in [0.1, 0.15) is 0 Å². The van der Waals surface area contributed by atoms with Crippen molar-refractivity contribution in [3.8, 4) is 0 Å². The van der Waals surface area contributed by atoms with E-state index in [-0.39, 0.29) is 5.88 Å². The highest BCUT2D eigenvalue weighted by Crippen LogP contribution is 2.21. The van der Waals surface area contributed by atoms with Gasteiger partial charge >= 0.3 is 0 Å². The molecule has 84 valence electrons. The summed E-state index contributed by atoms with van der Waals surface area (Å²) in [6, 6.07) is 0. The van der Waals surface area contributed by atoms with E-state index in [0.717, 1.165) is 12.8 Å². The largest absolute Gasteiger partial charge is 0.217 e. The maximum Gasteiger partial charge on any atom is 0.217 e. The summed E-state index contributed by atoms with van der Waals surface area (Å²) in [6.07, 6.45) is 2.09. The molecule has 1 heterocycles. The molecule has 0 aromatic carbocycles. The summed E-state index contributed by atoms with van der Waals surface area (Å²) in [5.74, 6) is 0.647. The fraction of sp³-hybridized carbons (Fsp3) is 1.00. The van der Waals surface area contributed by atoms with Crippen LogP contribution in [0.1, 0.15) is 26.7 Å². The number of rotatable bonds is 3. The van der Waals surface area contributed by atoms with Gasteiger partial charge in [0.25, 0.3) is 0 Å². The first kappa shape index (κ1) is 12.3. The van der Waals surface area contributed by atoms with Crippen LogP contribution in [0.15, 0.2) is 0 Å². The SMILES string of the molecule is CC1CCCN(S(=O)(=O)C(C)CCl)C1. The maximum absolute atomic E-state index is 11.9. The second-order valence-corrected chi connectivity index (χ2v) is 6.77. The zero-order valence-corrected chi connectivity index (χ0v) is 10.3. The molecule has 1 rings (SSSR count). The molecular formula is C9H18ClNO2S. The molecule has 2 atom stereocenters. The minimum absolute atomic E-state index is 0.174. The summed E-state index contributed by atoms with van der Waals surface area (Å²) in [4.78, 5) is 0. The Kier molecular flexibility index (Phi) is 4.22. The van der Waals surface area contributed by atoms with E-state index in [1.807, 2.05) is 0 Å². The summed E-state index contributed by atoms with van der Waals surface area (Å²) in [5, 5.41) is -0.463. The van der Waals surface area contributed by atoms with Crippen LogP contribution in [-0.2, 0) is 10.0 Å². The molecule has 0 radical (unpaired) electrons. The molecule has 0 amide bonds. The second kappa shape index (κ2) is 4.81. The van der Waals surface area contributed by atoms with E-state index in [1.54, 1.807) is 11.2 Å². The highest BCUT2D eigenvalue weighted by molar-refractivity contribution is 7.89. The lowest BCUT2D eigenvalue weighted by Gasteiger charge is -2.31. The smallest absolute Gasteiger partial charge is 0.212 e. The average molecular weight is 240 g/mol. The number of hydrogen-bond acceptors (Lipinski definition) is 2. The van der Waals surface area contributed by atoms with E-state index < -0.39 is 15.3 Å². The van der Waals surface area contributed by atoms with Crippen molar-refractivity contribution in [2.45, 2.75) is 31.9 Å². The fourth-order valence-corrected chi connectivity index (χ4v) is 3.70. The molecule has 0 N–H and O–H groups in total. The zero-order chi connectivity index (χ0) is 10.8. The van der Waals surface area contributed by atoms with Crippen molar-refractivity contribution >= 4 is 21.6 Å². The van der Waals surface area contributed by atoms with E-state index in [0.29, 0.717) is 19.0 Å². The number of hydrogen-bond donors (Lipinski definition) is 0. The summed E-state index contributed by atoms with van der Waals surface area (Å²) in [6.45, 7) is 5.08. The van der Waals surface area contributed by atoms with Crippen LogP contribution < -0.4 is 0 Å². The minimum atomic E-state index is -3.14. The third kappa shape index (κ3) is 2.61. The van der Waals surface area contributed by atoms with Crippen LogP contribution in [0.5, 0.6) is 0 Å². The lowest BCUT2D eigenvalue weighted by atomic mass is 10.0. The molecule has 1 fully saturated rings. The summed E-state index contributed by atoms with van der Waals surface area (Å²) in [5.41, 5.74) is 0. The minimum Gasteiger partial charge on any atom is -0.212 e. The van der Waals surface area contributed by atoms with Gasteiger partial charge in [0.05, 0.1) is 5.25 Å². The Balaban J connectivity index is 2.72. The normalized spacial score (nSPS) is 27.5. The van der Waals surface area contributed by atoms with Crippen LogP contribution in [-0.4, -0.2) is 36.9 Å². The van der Waals surface area contributed by atoms with Gasteiger partial charge in [-0.15, -0.1) is 11.6 Å². The Morgan fingerprint density at radius 3 is 2.71 bits per heavy atom. The van der Waals surface area contributed by atoms with Crippen molar-refractivity contribution < 1.29 is 8.42 Å². The van der Waals surface area contributed by atoms with Gasteiger partial charge in [-0.3, -0.25) is 0 Å². The van der Waals surface area contributed by atoms with Gasteiger partial charge in [-0.25, -0.2) is 12.7 Å². The highest BCUT2D eigenvalue weighted by atomic mass is 35.5. The van der Waals surface area contributed by atoms with Crippen molar-refractivity contribution in [1.82, 2.24) is 4.31 Å². The van der Waals surface area contributed by atoms with Crippen molar-refractivity contribution in [3.05, 3.63) is 0 Å². The molecule has 0 aromatic heterocycles. The van der Waals surface area contributed by atoms with Crippen LogP contribution in [0.25, 0.3) is 0 Å². The molecule has 0 bridgehead atoms. The van der Waals surface area contributed by atoms with Crippen LogP contribution in [0, 0.1) is 5.92 Å². The third-order valence-electron chi connectivity index (χ3n) is 2.71. The molecule has 1 saturated heterocycles. The third-order valence-corrected chi connectivity index (χ3v) is 5.59. The predicted octanol–water partition coefficient (Wildman–Crippen LogP) is 1.68. The average Bonchev–Trinajstić information content (AvgIpc) is 2.16. The maximum atomic E-state index is 11.9. The fourth-order valence-electron chi connectivity index (χ4n) is 1.71. The van der Waals surface area contributed by atoms with Gasteiger partial charge in [-0.1, -0.05) is 6.92 Å². The van der Waals surface area contributed by atoms with Crippen LogP contribution >= 0.6 is 11.6 Å². The number of piperidine rings is 1. The molecular weight excluding hydrogens is 222 g/mol. The molecule has 2 unspecified atom stereocenters. The molecule has 0 spiro atoms. The van der Waals surface area contributed by atoms with Crippen LogP contribution in [0.4, 0.5) is 0 Å². The number of nitrogens with zero attached hydrogens (tertiary/aromatic N) is 1. The number of halogens is 1. The lowest BCUT2D eigenvalue weighted by Crippen LogP contribution is -2.43. The summed E-state index contributed by atoms with van der Waals surface area (Å²) < 4.78 is 25.4. The Labute approximate surface area is 91.5 Å². The standard InChI is InChI=1S/C9H18ClNO2S/c1-8-4-3-5-11(7-8)14(12,13)9(2)6-10/h8-9H,3-7H2,1-2H3. The Morgan fingerprint density at radius 1 is 1.57 bits per heavy atom. The Hall–Kier alpha value is 0.200. The summed E-state index contributed by atoms with van der Waals surface area (Å²) >= 11 is 5.59. The first-order valence-corrected chi connectivity index (χ1v) is 7.07. The molecule has 5 heteroatoms. The zero-order valence-electron chi connectivity index (χ0n) is 8.74. The van der Waals surface area contributed by atoms with Gasteiger partial charge in [-0.05, 0) is 25.7 Å². The van der Waals surface area contributed by atoms with Gasteiger partial charge in [-0.2, -0.15) is 0 Å². The number of alkyl halides is 1. The topological polar surface area (TPSA) is 37.4 Å². The van der Waals surface area contributed by atoms with Crippen molar-refractivity contribution in [3.63, 3.8) is 0 Å². The first-order valence-electron chi connectivity index (χ1n) is 5.03. The number of sulfonamides is 1. The molecule has 0 aromatic rings. The van der Waals surface area contributed by atoms with Crippen LogP contribution in [0.2, 0.25) is 0 Å². The van der Waals surface area contributed by atoms with Crippen molar-refractivity contribution in [2.24, 2.45) is 5.92 Å². The molecule has 1 aliphatic heterocycles. The van der Waals surface area contributed by atoms with E-state index in [1.165, 1.54) is 0 Å². The molecule has 0 aliphatic carbocycles. The molecule has 14 heavy (non-hydrogen) atoms. The first-order chi connectivity index (χ1) is 6.48. The summed E-state index contributed by atoms with van der Waals surface area (Å²) in [7, 11) is -3.14. The van der Waals surface area contributed by atoms with Gasteiger partial charge < -0.3 is 0 Å².